The van der Waals surface area contributed by atoms with Gasteiger partial charge >= 0.3 is 0 Å². The molecule has 2 aliphatic heterocycles. The maximum absolute atomic E-state index is 12.6. The fraction of sp³-hybridized carbons (Fsp3) is 0.526. The van der Waals surface area contributed by atoms with E-state index in [1.165, 1.54) is 12.8 Å². The highest BCUT2D eigenvalue weighted by molar-refractivity contribution is 5.94. The van der Waals surface area contributed by atoms with Gasteiger partial charge in [-0.2, -0.15) is 5.10 Å². The summed E-state index contributed by atoms with van der Waals surface area (Å²) in [5.74, 6) is 2.21. The normalized spacial score (nSPS) is 24.6. The molecule has 2 saturated heterocycles. The number of carbonyl (C=O) groups excluding carboxylic acids is 1. The Labute approximate surface area is 148 Å². The van der Waals surface area contributed by atoms with Crippen LogP contribution < -0.4 is 0 Å². The minimum absolute atomic E-state index is 0.168. The standard InChI is InChI=1S/C19H25N5O/c25-19(16-5-2-1-3-6-16)24-10-8-15(12-24)11-23-9-4-7-17(13-23)18-20-14-21-22-18/h1-3,5-6,14-15,17H,4,7-13H2,(H,20,21,22). The molecule has 4 rings (SSSR count). The Bertz CT molecular complexity index is 687. The van der Waals surface area contributed by atoms with E-state index in [4.69, 9.17) is 0 Å². The van der Waals surface area contributed by atoms with Crippen molar-refractivity contribution in [3.63, 3.8) is 0 Å². The predicted molar refractivity (Wildman–Crippen MR) is 95.3 cm³/mol. The number of rotatable bonds is 4. The molecule has 0 radical (unpaired) electrons. The van der Waals surface area contributed by atoms with Gasteiger partial charge in [0.05, 0.1) is 0 Å². The molecule has 0 spiro atoms. The van der Waals surface area contributed by atoms with Gasteiger partial charge in [-0.15, -0.1) is 0 Å². The van der Waals surface area contributed by atoms with Crippen LogP contribution >= 0.6 is 0 Å². The highest BCUT2D eigenvalue weighted by Gasteiger charge is 2.30. The minimum Gasteiger partial charge on any atom is -0.338 e. The molecule has 1 amide bonds. The Kier molecular flexibility index (Phi) is 4.78. The van der Waals surface area contributed by atoms with Crippen molar-refractivity contribution in [2.75, 3.05) is 32.7 Å². The van der Waals surface area contributed by atoms with Gasteiger partial charge in [0.1, 0.15) is 12.2 Å². The molecule has 2 aromatic rings. The van der Waals surface area contributed by atoms with E-state index < -0.39 is 0 Å². The second-order valence-electron chi connectivity index (χ2n) is 7.24. The number of nitrogens with one attached hydrogen (secondary N) is 1. The molecule has 1 aromatic heterocycles. The van der Waals surface area contributed by atoms with E-state index in [2.05, 4.69) is 20.1 Å². The van der Waals surface area contributed by atoms with Crippen LogP contribution in [-0.2, 0) is 0 Å². The number of likely N-dealkylation sites (tertiary alicyclic amines) is 2. The lowest BCUT2D eigenvalue weighted by Gasteiger charge is -2.33. The van der Waals surface area contributed by atoms with Crippen molar-refractivity contribution in [3.05, 3.63) is 48.0 Å². The van der Waals surface area contributed by atoms with Crippen LogP contribution in [0.1, 0.15) is 41.4 Å². The van der Waals surface area contributed by atoms with Crippen molar-refractivity contribution < 1.29 is 4.79 Å². The lowest BCUT2D eigenvalue weighted by molar-refractivity contribution is 0.0781. The Balaban J connectivity index is 1.31. The number of nitrogens with zero attached hydrogens (tertiary/aromatic N) is 4. The number of hydrogen-bond donors (Lipinski definition) is 1. The molecule has 132 valence electrons. The van der Waals surface area contributed by atoms with Crippen LogP contribution in [0, 0.1) is 5.92 Å². The first-order valence-corrected chi connectivity index (χ1v) is 9.21. The van der Waals surface area contributed by atoms with Crippen LogP contribution in [0.4, 0.5) is 0 Å². The summed E-state index contributed by atoms with van der Waals surface area (Å²) in [6.07, 6.45) is 5.07. The van der Waals surface area contributed by atoms with E-state index in [0.717, 1.165) is 50.5 Å². The molecular formula is C19H25N5O. The summed E-state index contributed by atoms with van der Waals surface area (Å²) >= 11 is 0. The van der Waals surface area contributed by atoms with Gasteiger partial charge in [0.2, 0.25) is 0 Å². The van der Waals surface area contributed by atoms with E-state index in [-0.39, 0.29) is 5.91 Å². The maximum atomic E-state index is 12.6. The van der Waals surface area contributed by atoms with Crippen molar-refractivity contribution in [3.8, 4) is 0 Å². The molecule has 25 heavy (non-hydrogen) atoms. The number of carbonyl (C=O) groups is 1. The first-order valence-electron chi connectivity index (χ1n) is 9.21. The Morgan fingerprint density at radius 1 is 1.16 bits per heavy atom. The lowest BCUT2D eigenvalue weighted by atomic mass is 9.96. The number of piperidine rings is 1. The van der Waals surface area contributed by atoms with E-state index in [1.807, 2.05) is 35.2 Å². The summed E-state index contributed by atoms with van der Waals surface area (Å²) < 4.78 is 0. The molecular weight excluding hydrogens is 314 g/mol. The molecule has 1 N–H and O–H groups in total. The zero-order valence-electron chi connectivity index (χ0n) is 14.5. The molecule has 1 aromatic carbocycles. The molecule has 0 bridgehead atoms. The fourth-order valence-corrected chi connectivity index (χ4v) is 4.15. The number of aromatic nitrogens is 3. The topological polar surface area (TPSA) is 65.1 Å². The second-order valence-corrected chi connectivity index (χ2v) is 7.24. The number of hydrogen-bond acceptors (Lipinski definition) is 4. The average Bonchev–Trinajstić information content (AvgIpc) is 3.34. The third-order valence-electron chi connectivity index (χ3n) is 5.44. The minimum atomic E-state index is 0.168. The van der Waals surface area contributed by atoms with Gasteiger partial charge in [-0.1, -0.05) is 18.2 Å². The van der Waals surface area contributed by atoms with E-state index in [0.29, 0.717) is 11.8 Å². The number of amides is 1. The summed E-state index contributed by atoms with van der Waals surface area (Å²) in [6.45, 7) is 5.00. The van der Waals surface area contributed by atoms with Gasteiger partial charge in [-0.05, 0) is 43.9 Å². The quantitative estimate of drug-likeness (QED) is 0.927. The molecule has 0 saturated carbocycles. The van der Waals surface area contributed by atoms with Gasteiger partial charge in [-0.3, -0.25) is 9.89 Å². The molecule has 0 aliphatic carbocycles. The van der Waals surface area contributed by atoms with Crippen LogP contribution in [-0.4, -0.2) is 63.6 Å². The summed E-state index contributed by atoms with van der Waals surface area (Å²) in [6, 6.07) is 9.62. The van der Waals surface area contributed by atoms with Gasteiger partial charge in [0.25, 0.3) is 5.91 Å². The monoisotopic (exact) mass is 339 g/mol. The summed E-state index contributed by atoms with van der Waals surface area (Å²) in [4.78, 5) is 21.5. The van der Waals surface area contributed by atoms with Crippen molar-refractivity contribution in [2.45, 2.75) is 25.2 Å². The summed E-state index contributed by atoms with van der Waals surface area (Å²) in [7, 11) is 0. The summed E-state index contributed by atoms with van der Waals surface area (Å²) in [5.41, 5.74) is 0.798. The number of benzene rings is 1. The van der Waals surface area contributed by atoms with Crippen LogP contribution in [0.25, 0.3) is 0 Å². The highest BCUT2D eigenvalue weighted by atomic mass is 16.2. The van der Waals surface area contributed by atoms with Crippen LogP contribution in [0.2, 0.25) is 0 Å². The molecule has 2 fully saturated rings. The Morgan fingerprint density at radius 2 is 2.04 bits per heavy atom. The largest absolute Gasteiger partial charge is 0.338 e. The van der Waals surface area contributed by atoms with Gasteiger partial charge in [0.15, 0.2) is 0 Å². The van der Waals surface area contributed by atoms with Gasteiger partial charge in [0, 0.05) is 37.7 Å². The first-order chi connectivity index (χ1) is 12.3. The van der Waals surface area contributed by atoms with Crippen molar-refractivity contribution in [2.24, 2.45) is 5.92 Å². The van der Waals surface area contributed by atoms with Crippen molar-refractivity contribution >= 4 is 5.91 Å². The third-order valence-corrected chi connectivity index (χ3v) is 5.44. The number of H-pyrrole nitrogens is 1. The van der Waals surface area contributed by atoms with E-state index in [1.54, 1.807) is 6.33 Å². The van der Waals surface area contributed by atoms with Gasteiger partial charge in [-0.25, -0.2) is 4.98 Å². The zero-order chi connectivity index (χ0) is 17.1. The van der Waals surface area contributed by atoms with E-state index in [9.17, 15) is 4.79 Å². The molecule has 2 unspecified atom stereocenters. The first kappa shape index (κ1) is 16.3. The van der Waals surface area contributed by atoms with Crippen LogP contribution in [0.3, 0.4) is 0 Å². The Hall–Kier alpha value is -2.21. The molecule has 2 atom stereocenters. The third kappa shape index (κ3) is 3.74. The molecule has 3 heterocycles. The summed E-state index contributed by atoms with van der Waals surface area (Å²) in [5, 5.41) is 7.01. The van der Waals surface area contributed by atoms with Gasteiger partial charge < -0.3 is 9.80 Å². The maximum Gasteiger partial charge on any atom is 0.253 e. The van der Waals surface area contributed by atoms with Crippen molar-refractivity contribution in [1.29, 1.82) is 0 Å². The van der Waals surface area contributed by atoms with E-state index >= 15 is 0 Å². The molecule has 6 heteroatoms. The SMILES string of the molecule is O=C(c1ccccc1)N1CCC(CN2CCCC(c3ncn[nH]3)C2)C1. The fourth-order valence-electron chi connectivity index (χ4n) is 4.15. The molecule has 2 aliphatic rings. The zero-order valence-corrected chi connectivity index (χ0v) is 14.5. The smallest absolute Gasteiger partial charge is 0.253 e. The van der Waals surface area contributed by atoms with Crippen molar-refractivity contribution in [1.82, 2.24) is 25.0 Å². The van der Waals surface area contributed by atoms with Crippen LogP contribution in [0.5, 0.6) is 0 Å². The predicted octanol–water partition coefficient (Wildman–Crippen LogP) is 2.15. The lowest BCUT2D eigenvalue weighted by Crippen LogP contribution is -2.39. The average molecular weight is 339 g/mol. The molecule has 6 nitrogen and oxygen atoms in total. The Morgan fingerprint density at radius 3 is 2.84 bits per heavy atom. The second kappa shape index (κ2) is 7.35. The number of aromatic amines is 1. The van der Waals surface area contributed by atoms with Crippen LogP contribution in [0.15, 0.2) is 36.7 Å². The highest BCUT2D eigenvalue weighted by Crippen LogP contribution is 2.26.